The van der Waals surface area contributed by atoms with Crippen molar-refractivity contribution in [2.24, 2.45) is 5.92 Å². The molecule has 3 nitrogen and oxygen atoms in total. The number of hydrogen-bond acceptors (Lipinski definition) is 2. The summed E-state index contributed by atoms with van der Waals surface area (Å²) < 4.78 is 5.38. The summed E-state index contributed by atoms with van der Waals surface area (Å²) in [6.07, 6.45) is 0. The molecule has 1 aromatic rings. The molecule has 0 fully saturated rings. The van der Waals surface area contributed by atoms with Gasteiger partial charge in [-0.1, -0.05) is 37.6 Å². The topological polar surface area (TPSA) is 29.5 Å². The highest BCUT2D eigenvalue weighted by molar-refractivity contribution is 6.32. The van der Waals surface area contributed by atoms with E-state index in [0.29, 0.717) is 16.7 Å². The van der Waals surface area contributed by atoms with Gasteiger partial charge < -0.3 is 9.64 Å². The van der Waals surface area contributed by atoms with Crippen molar-refractivity contribution in [2.75, 3.05) is 20.2 Å². The molecule has 0 aliphatic carbocycles. The molecule has 1 aromatic carbocycles. The van der Waals surface area contributed by atoms with Crippen molar-refractivity contribution in [1.82, 2.24) is 4.90 Å². The van der Waals surface area contributed by atoms with Crippen LogP contribution in [0.25, 0.3) is 0 Å². The van der Waals surface area contributed by atoms with E-state index in [4.69, 9.17) is 16.3 Å². The van der Waals surface area contributed by atoms with Crippen molar-refractivity contribution in [3.63, 3.8) is 0 Å². The maximum atomic E-state index is 11.7. The summed E-state index contributed by atoms with van der Waals surface area (Å²) in [6, 6.07) is 7.13. The lowest BCUT2D eigenvalue weighted by Crippen LogP contribution is -2.34. The molecule has 94 valence electrons. The smallest absolute Gasteiger partial charge is 0.260 e. The highest BCUT2D eigenvalue weighted by Gasteiger charge is 2.11. The van der Waals surface area contributed by atoms with Crippen molar-refractivity contribution in [2.45, 2.75) is 13.8 Å². The Balaban J connectivity index is 2.46. The predicted octanol–water partition coefficient (Wildman–Crippen LogP) is 2.83. The number of halogens is 1. The van der Waals surface area contributed by atoms with Gasteiger partial charge in [0, 0.05) is 13.6 Å². The van der Waals surface area contributed by atoms with Crippen LogP contribution in [0.15, 0.2) is 24.3 Å². The highest BCUT2D eigenvalue weighted by atomic mass is 35.5. The second-order valence-electron chi connectivity index (χ2n) is 4.39. The van der Waals surface area contributed by atoms with Gasteiger partial charge in [-0.05, 0) is 18.1 Å². The Kier molecular flexibility index (Phi) is 5.29. The second kappa shape index (κ2) is 6.50. The molecule has 0 N–H and O–H groups in total. The molecule has 0 aliphatic rings. The Morgan fingerprint density at radius 3 is 2.65 bits per heavy atom. The average Bonchev–Trinajstić information content (AvgIpc) is 2.26. The molecule has 0 aliphatic heterocycles. The monoisotopic (exact) mass is 255 g/mol. The molecule has 0 bridgehead atoms. The summed E-state index contributed by atoms with van der Waals surface area (Å²) in [6.45, 7) is 4.88. The lowest BCUT2D eigenvalue weighted by atomic mass is 10.2. The molecule has 0 heterocycles. The van der Waals surface area contributed by atoms with Crippen LogP contribution < -0.4 is 4.74 Å². The Morgan fingerprint density at radius 1 is 1.41 bits per heavy atom. The second-order valence-corrected chi connectivity index (χ2v) is 4.79. The average molecular weight is 256 g/mol. The first-order valence-corrected chi connectivity index (χ1v) is 5.99. The molecule has 0 radical (unpaired) electrons. The normalized spacial score (nSPS) is 10.4. The molecule has 0 saturated heterocycles. The van der Waals surface area contributed by atoms with E-state index in [0.717, 1.165) is 6.54 Å². The minimum absolute atomic E-state index is 0.0208. The van der Waals surface area contributed by atoms with E-state index in [9.17, 15) is 4.79 Å². The van der Waals surface area contributed by atoms with Gasteiger partial charge in [-0.25, -0.2) is 0 Å². The molecule has 0 atom stereocenters. The number of para-hydroxylation sites is 1. The van der Waals surface area contributed by atoms with Crippen molar-refractivity contribution < 1.29 is 9.53 Å². The van der Waals surface area contributed by atoms with Crippen LogP contribution in [-0.2, 0) is 4.79 Å². The third kappa shape index (κ3) is 4.65. The number of rotatable bonds is 5. The number of carbonyl (C=O) groups is 1. The first-order valence-electron chi connectivity index (χ1n) is 5.62. The van der Waals surface area contributed by atoms with E-state index in [-0.39, 0.29) is 12.5 Å². The molecule has 4 heteroatoms. The van der Waals surface area contributed by atoms with E-state index >= 15 is 0 Å². The maximum Gasteiger partial charge on any atom is 0.260 e. The first-order chi connectivity index (χ1) is 8.00. The maximum absolute atomic E-state index is 11.7. The van der Waals surface area contributed by atoms with E-state index in [2.05, 4.69) is 13.8 Å². The third-order valence-corrected chi connectivity index (χ3v) is 2.56. The quantitative estimate of drug-likeness (QED) is 0.810. The fraction of sp³-hybridized carbons (Fsp3) is 0.462. The van der Waals surface area contributed by atoms with Gasteiger partial charge in [0.15, 0.2) is 6.61 Å². The lowest BCUT2D eigenvalue weighted by Gasteiger charge is -2.19. The minimum atomic E-state index is -0.0429. The molecular weight excluding hydrogens is 238 g/mol. The van der Waals surface area contributed by atoms with Crippen LogP contribution in [0.3, 0.4) is 0 Å². The van der Waals surface area contributed by atoms with E-state index in [1.54, 1.807) is 24.1 Å². The van der Waals surface area contributed by atoms with Gasteiger partial charge in [-0.2, -0.15) is 0 Å². The summed E-state index contributed by atoms with van der Waals surface area (Å²) in [5.74, 6) is 0.948. The number of carbonyl (C=O) groups excluding carboxylic acids is 1. The number of hydrogen-bond donors (Lipinski definition) is 0. The number of nitrogens with zero attached hydrogens (tertiary/aromatic N) is 1. The Morgan fingerprint density at radius 2 is 2.06 bits per heavy atom. The van der Waals surface area contributed by atoms with Gasteiger partial charge in [-0.3, -0.25) is 4.79 Å². The summed E-state index contributed by atoms with van der Waals surface area (Å²) >= 11 is 5.92. The van der Waals surface area contributed by atoms with Gasteiger partial charge in [0.1, 0.15) is 5.75 Å². The predicted molar refractivity (Wildman–Crippen MR) is 69.4 cm³/mol. The number of amides is 1. The largest absolute Gasteiger partial charge is 0.482 e. The van der Waals surface area contributed by atoms with Crippen LogP contribution >= 0.6 is 11.6 Å². The van der Waals surface area contributed by atoms with Gasteiger partial charge >= 0.3 is 0 Å². The molecule has 1 amide bonds. The van der Waals surface area contributed by atoms with Crippen LogP contribution in [0.5, 0.6) is 5.75 Å². The van der Waals surface area contributed by atoms with Crippen LogP contribution in [0.2, 0.25) is 5.02 Å². The summed E-state index contributed by atoms with van der Waals surface area (Å²) in [5.41, 5.74) is 0. The van der Waals surface area contributed by atoms with Gasteiger partial charge in [-0.15, -0.1) is 0 Å². The Labute approximate surface area is 107 Å². The van der Waals surface area contributed by atoms with Gasteiger partial charge in [0.2, 0.25) is 0 Å². The SMILES string of the molecule is CC(C)CN(C)C(=O)COc1ccccc1Cl. The van der Waals surface area contributed by atoms with E-state index in [1.807, 2.05) is 12.1 Å². The van der Waals surface area contributed by atoms with Crippen LogP contribution in [0, 0.1) is 5.92 Å². The molecule has 0 unspecified atom stereocenters. The fourth-order valence-corrected chi connectivity index (χ4v) is 1.65. The summed E-state index contributed by atoms with van der Waals surface area (Å²) in [4.78, 5) is 13.4. The molecule has 0 spiro atoms. The number of ether oxygens (including phenoxy) is 1. The molecular formula is C13H18ClNO2. The summed E-state index contributed by atoms with van der Waals surface area (Å²) in [5, 5.41) is 0.520. The zero-order valence-electron chi connectivity index (χ0n) is 10.4. The zero-order valence-corrected chi connectivity index (χ0v) is 11.2. The van der Waals surface area contributed by atoms with Crippen molar-refractivity contribution in [3.8, 4) is 5.75 Å². The lowest BCUT2D eigenvalue weighted by molar-refractivity contribution is -0.132. The van der Waals surface area contributed by atoms with E-state index in [1.165, 1.54) is 0 Å². The Hall–Kier alpha value is -1.22. The molecule has 0 aromatic heterocycles. The van der Waals surface area contributed by atoms with Gasteiger partial charge in [0.25, 0.3) is 5.91 Å². The van der Waals surface area contributed by atoms with Crippen LogP contribution in [0.1, 0.15) is 13.8 Å². The molecule has 0 saturated carbocycles. The molecule has 17 heavy (non-hydrogen) atoms. The van der Waals surface area contributed by atoms with E-state index < -0.39 is 0 Å². The molecule has 1 rings (SSSR count). The van der Waals surface area contributed by atoms with Crippen LogP contribution in [0.4, 0.5) is 0 Å². The standard InChI is InChI=1S/C13H18ClNO2/c1-10(2)8-15(3)13(16)9-17-12-7-5-4-6-11(12)14/h4-7,10H,8-9H2,1-3H3. The minimum Gasteiger partial charge on any atom is -0.482 e. The summed E-state index contributed by atoms with van der Waals surface area (Å²) in [7, 11) is 1.78. The first kappa shape index (κ1) is 13.8. The zero-order chi connectivity index (χ0) is 12.8. The Bertz CT molecular complexity index is 379. The number of benzene rings is 1. The van der Waals surface area contributed by atoms with Crippen molar-refractivity contribution in [3.05, 3.63) is 29.3 Å². The third-order valence-electron chi connectivity index (χ3n) is 2.25. The van der Waals surface area contributed by atoms with Crippen molar-refractivity contribution >= 4 is 17.5 Å². The van der Waals surface area contributed by atoms with Crippen molar-refractivity contribution in [1.29, 1.82) is 0 Å². The highest BCUT2D eigenvalue weighted by Crippen LogP contribution is 2.22. The number of likely N-dealkylation sites (N-methyl/N-ethyl adjacent to an activating group) is 1. The van der Waals surface area contributed by atoms with Gasteiger partial charge in [0.05, 0.1) is 5.02 Å². The van der Waals surface area contributed by atoms with Crippen LogP contribution in [-0.4, -0.2) is 31.0 Å². The fourth-order valence-electron chi connectivity index (χ4n) is 1.46.